The highest BCUT2D eigenvalue weighted by Gasteiger charge is 2.33. The first-order valence-corrected chi connectivity index (χ1v) is 5.56. The van der Waals surface area contributed by atoms with Crippen molar-refractivity contribution in [2.75, 3.05) is 6.61 Å². The lowest BCUT2D eigenvalue weighted by molar-refractivity contribution is -0.141. The van der Waals surface area contributed by atoms with Gasteiger partial charge < -0.3 is 9.53 Å². The van der Waals surface area contributed by atoms with E-state index in [0.29, 0.717) is 6.42 Å². The molecule has 0 aromatic carbocycles. The van der Waals surface area contributed by atoms with Crippen LogP contribution in [0.3, 0.4) is 0 Å². The third kappa shape index (κ3) is 7.88. The van der Waals surface area contributed by atoms with Crippen LogP contribution in [-0.4, -0.2) is 22.2 Å². The first kappa shape index (κ1) is 15.0. The second-order valence-corrected chi connectivity index (χ2v) is 5.64. The van der Waals surface area contributed by atoms with E-state index in [1.54, 1.807) is 0 Å². The smallest absolute Gasteiger partial charge is 0.302 e. The van der Waals surface area contributed by atoms with Gasteiger partial charge in [-0.3, -0.25) is 4.79 Å². The summed E-state index contributed by atoms with van der Waals surface area (Å²) in [5.74, 6) is -0.880. The molecule has 0 spiro atoms. The van der Waals surface area contributed by atoms with Crippen LogP contribution in [0.4, 0.5) is 0 Å². The van der Waals surface area contributed by atoms with E-state index in [2.05, 4.69) is 0 Å². The number of esters is 1. The standard InChI is InChI=1S/C9H13Cl3O3/c1-6(13)5-8(9(10,11)12)3-4-15-7(2)14/h8H,3-5H2,1-2H3. The minimum absolute atomic E-state index is 0.0610. The quantitative estimate of drug-likeness (QED) is 0.572. The van der Waals surface area contributed by atoms with Crippen molar-refractivity contribution < 1.29 is 14.3 Å². The van der Waals surface area contributed by atoms with Crippen molar-refractivity contribution >= 4 is 46.6 Å². The van der Waals surface area contributed by atoms with Gasteiger partial charge in [-0.05, 0) is 13.3 Å². The van der Waals surface area contributed by atoms with Crippen LogP contribution in [0, 0.1) is 5.92 Å². The first-order valence-electron chi connectivity index (χ1n) is 4.43. The molecule has 0 aromatic heterocycles. The van der Waals surface area contributed by atoms with Crippen molar-refractivity contribution in [3.05, 3.63) is 0 Å². The molecule has 0 rings (SSSR count). The third-order valence-electron chi connectivity index (χ3n) is 1.77. The van der Waals surface area contributed by atoms with E-state index >= 15 is 0 Å². The molecule has 0 aliphatic heterocycles. The van der Waals surface area contributed by atoms with Crippen molar-refractivity contribution in [2.45, 2.75) is 30.5 Å². The zero-order valence-electron chi connectivity index (χ0n) is 8.56. The SMILES string of the molecule is CC(=O)CC(CCOC(C)=O)C(Cl)(Cl)Cl. The number of alkyl halides is 3. The number of rotatable bonds is 5. The molecule has 1 atom stereocenters. The highest BCUT2D eigenvalue weighted by molar-refractivity contribution is 6.67. The van der Waals surface area contributed by atoms with Crippen LogP contribution in [-0.2, 0) is 14.3 Å². The molecule has 0 amide bonds. The van der Waals surface area contributed by atoms with E-state index in [9.17, 15) is 9.59 Å². The van der Waals surface area contributed by atoms with Crippen LogP contribution in [0.25, 0.3) is 0 Å². The molecule has 0 fully saturated rings. The Morgan fingerprint density at radius 2 is 1.80 bits per heavy atom. The lowest BCUT2D eigenvalue weighted by Gasteiger charge is -2.22. The van der Waals surface area contributed by atoms with Crippen molar-refractivity contribution in [3.63, 3.8) is 0 Å². The normalized spacial score (nSPS) is 13.4. The predicted molar refractivity (Wildman–Crippen MR) is 60.3 cm³/mol. The first-order chi connectivity index (χ1) is 6.73. The summed E-state index contributed by atoms with van der Waals surface area (Å²) in [7, 11) is 0. The zero-order valence-corrected chi connectivity index (χ0v) is 10.8. The second-order valence-electron chi connectivity index (χ2n) is 3.27. The lowest BCUT2D eigenvalue weighted by atomic mass is 10.0. The van der Waals surface area contributed by atoms with Crippen molar-refractivity contribution in [1.82, 2.24) is 0 Å². The summed E-state index contributed by atoms with van der Waals surface area (Å²) in [6.45, 7) is 2.88. The summed E-state index contributed by atoms with van der Waals surface area (Å²) in [5, 5.41) is 0. The van der Waals surface area contributed by atoms with Gasteiger partial charge >= 0.3 is 5.97 Å². The van der Waals surface area contributed by atoms with Crippen LogP contribution < -0.4 is 0 Å². The maximum Gasteiger partial charge on any atom is 0.302 e. The minimum Gasteiger partial charge on any atom is -0.466 e. The number of halogens is 3. The molecule has 1 unspecified atom stereocenters. The van der Waals surface area contributed by atoms with Gasteiger partial charge in [0.25, 0.3) is 0 Å². The highest BCUT2D eigenvalue weighted by atomic mass is 35.6. The van der Waals surface area contributed by atoms with E-state index in [1.165, 1.54) is 13.8 Å². The summed E-state index contributed by atoms with van der Waals surface area (Å²) >= 11 is 17.1. The average molecular weight is 276 g/mol. The Bertz CT molecular complexity index is 235. The molecule has 0 saturated heterocycles. The molecule has 0 N–H and O–H groups in total. The van der Waals surface area contributed by atoms with E-state index in [1.807, 2.05) is 0 Å². The van der Waals surface area contributed by atoms with E-state index in [0.717, 1.165) is 0 Å². The van der Waals surface area contributed by atoms with E-state index < -0.39 is 9.71 Å². The maximum absolute atomic E-state index is 10.9. The number of hydrogen-bond donors (Lipinski definition) is 0. The van der Waals surface area contributed by atoms with Crippen molar-refractivity contribution in [3.8, 4) is 0 Å². The topological polar surface area (TPSA) is 43.4 Å². The van der Waals surface area contributed by atoms with Crippen LogP contribution in [0.1, 0.15) is 26.7 Å². The molecule has 88 valence electrons. The van der Waals surface area contributed by atoms with Gasteiger partial charge in [0.1, 0.15) is 5.78 Å². The Hall–Kier alpha value is 0.01000. The number of ketones is 1. The van der Waals surface area contributed by atoms with Crippen molar-refractivity contribution in [2.24, 2.45) is 5.92 Å². The Morgan fingerprint density at radius 1 is 1.27 bits per heavy atom. The van der Waals surface area contributed by atoms with Gasteiger partial charge in [0.05, 0.1) is 6.61 Å². The van der Waals surface area contributed by atoms with Crippen LogP contribution in [0.5, 0.6) is 0 Å². The maximum atomic E-state index is 10.9. The molecule has 0 aliphatic rings. The molecule has 0 aliphatic carbocycles. The monoisotopic (exact) mass is 274 g/mol. The fourth-order valence-corrected chi connectivity index (χ4v) is 1.63. The molecule has 0 aromatic rings. The number of carbonyl (C=O) groups is 2. The van der Waals surface area contributed by atoms with Crippen molar-refractivity contribution in [1.29, 1.82) is 0 Å². The Labute approximate surface area is 104 Å². The highest BCUT2D eigenvalue weighted by Crippen LogP contribution is 2.39. The lowest BCUT2D eigenvalue weighted by Crippen LogP contribution is -2.23. The Balaban J connectivity index is 4.14. The van der Waals surface area contributed by atoms with E-state index in [4.69, 9.17) is 39.5 Å². The number of ether oxygens (including phenoxy) is 1. The molecule has 0 saturated carbocycles. The van der Waals surface area contributed by atoms with Gasteiger partial charge in [-0.1, -0.05) is 34.8 Å². The Kier molecular flexibility index (Phi) is 6.57. The van der Waals surface area contributed by atoms with Gasteiger partial charge in [-0.15, -0.1) is 0 Å². The predicted octanol–water partition coefficient (Wildman–Crippen LogP) is 2.91. The molecule has 6 heteroatoms. The van der Waals surface area contributed by atoms with Crippen LogP contribution in [0.15, 0.2) is 0 Å². The van der Waals surface area contributed by atoms with Gasteiger partial charge in [-0.2, -0.15) is 0 Å². The van der Waals surface area contributed by atoms with Crippen LogP contribution >= 0.6 is 34.8 Å². The molecular formula is C9H13Cl3O3. The fourth-order valence-electron chi connectivity index (χ4n) is 1.07. The second kappa shape index (κ2) is 6.56. The summed E-state index contributed by atoms with van der Waals surface area (Å²) < 4.78 is 3.21. The van der Waals surface area contributed by atoms with Gasteiger partial charge in [0.15, 0.2) is 3.79 Å². The molecule has 3 nitrogen and oxygen atoms in total. The molecular weight excluding hydrogens is 262 g/mol. The van der Waals surface area contributed by atoms with Gasteiger partial charge in [0, 0.05) is 19.3 Å². The number of carbonyl (C=O) groups excluding carboxylic acids is 2. The van der Waals surface area contributed by atoms with Gasteiger partial charge in [0.2, 0.25) is 0 Å². The third-order valence-corrected chi connectivity index (χ3v) is 2.69. The molecule has 15 heavy (non-hydrogen) atoms. The van der Waals surface area contributed by atoms with E-state index in [-0.39, 0.29) is 24.8 Å². The van der Waals surface area contributed by atoms with Gasteiger partial charge in [-0.25, -0.2) is 0 Å². The molecule has 0 radical (unpaired) electrons. The Morgan fingerprint density at radius 3 is 2.13 bits per heavy atom. The minimum atomic E-state index is -1.51. The number of Topliss-reactive ketones (excluding diaryl/α,β-unsaturated/α-hetero) is 1. The summed E-state index contributed by atoms with van der Waals surface area (Å²) in [6, 6.07) is 0. The zero-order chi connectivity index (χ0) is 12.1. The molecule has 0 heterocycles. The summed E-state index contributed by atoms with van der Waals surface area (Å²) in [4.78, 5) is 21.4. The molecule has 0 bridgehead atoms. The largest absolute Gasteiger partial charge is 0.466 e. The summed E-state index contributed by atoms with van der Waals surface area (Å²) in [6.07, 6.45) is 0.521. The average Bonchev–Trinajstić information content (AvgIpc) is 1.99. The van der Waals surface area contributed by atoms with Crippen LogP contribution in [0.2, 0.25) is 0 Å². The fraction of sp³-hybridized carbons (Fsp3) is 0.778. The summed E-state index contributed by atoms with van der Waals surface area (Å²) in [5.41, 5.74) is 0. The number of hydrogen-bond acceptors (Lipinski definition) is 3.